The van der Waals surface area contributed by atoms with E-state index in [-0.39, 0.29) is 5.41 Å². The van der Waals surface area contributed by atoms with Crippen molar-refractivity contribution in [3.05, 3.63) is 230 Å². The van der Waals surface area contributed by atoms with E-state index in [1.807, 2.05) is 0 Å². The smallest absolute Gasteiger partial charge is 0.137 e. The zero-order valence-electron chi connectivity index (χ0n) is 34.6. The summed E-state index contributed by atoms with van der Waals surface area (Å²) < 4.78 is 6.86. The van der Waals surface area contributed by atoms with Crippen molar-refractivity contribution < 1.29 is 4.74 Å². The van der Waals surface area contributed by atoms with E-state index in [1.165, 1.54) is 49.5 Å². The fourth-order valence-corrected chi connectivity index (χ4v) is 10.00. The number of ether oxygens (including phenoxy) is 1. The zero-order valence-corrected chi connectivity index (χ0v) is 34.6. The SMILES string of the molecule is CC1(C)c2ccccc2-c2ccc(N(c3ccccc3)c3ccc(-c4ccc5c6c(cccc46)Oc4cc(N(c6ccccc6)c6ccc7ccccc7c6)ccc4-5)cc3)cc21. The predicted octanol–water partition coefficient (Wildman–Crippen LogP) is 16.7. The van der Waals surface area contributed by atoms with Crippen LogP contribution in [-0.4, -0.2) is 0 Å². The van der Waals surface area contributed by atoms with E-state index in [0.29, 0.717) is 0 Å². The summed E-state index contributed by atoms with van der Waals surface area (Å²) in [5, 5.41) is 4.73. The lowest BCUT2D eigenvalue weighted by Crippen LogP contribution is -2.16. The van der Waals surface area contributed by atoms with Crippen molar-refractivity contribution in [1.82, 2.24) is 0 Å². The second kappa shape index (κ2) is 14.1. The molecule has 10 aromatic carbocycles. The highest BCUT2D eigenvalue weighted by molar-refractivity contribution is 6.10. The summed E-state index contributed by atoms with van der Waals surface area (Å²) in [7, 11) is 0. The quantitative estimate of drug-likeness (QED) is 0.160. The number of nitrogens with zero attached hydrogens (tertiary/aromatic N) is 2. The summed E-state index contributed by atoms with van der Waals surface area (Å²) in [6.07, 6.45) is 0. The summed E-state index contributed by atoms with van der Waals surface area (Å²) in [5.74, 6) is 1.72. The van der Waals surface area contributed by atoms with Crippen LogP contribution in [-0.2, 0) is 5.41 Å². The highest BCUT2D eigenvalue weighted by atomic mass is 16.5. The minimum Gasteiger partial charge on any atom is -0.456 e. The molecule has 0 saturated heterocycles. The molecule has 0 bridgehead atoms. The summed E-state index contributed by atoms with van der Waals surface area (Å²) >= 11 is 0. The lowest BCUT2D eigenvalue weighted by Gasteiger charge is -2.29. The van der Waals surface area contributed by atoms with Gasteiger partial charge in [-0.1, -0.05) is 147 Å². The Labute approximate surface area is 362 Å². The van der Waals surface area contributed by atoms with Crippen molar-refractivity contribution in [3.8, 4) is 44.9 Å². The molecule has 62 heavy (non-hydrogen) atoms. The van der Waals surface area contributed by atoms with Gasteiger partial charge in [0.1, 0.15) is 11.5 Å². The average Bonchev–Trinajstić information content (AvgIpc) is 3.55. The van der Waals surface area contributed by atoms with Gasteiger partial charge in [-0.25, -0.2) is 0 Å². The van der Waals surface area contributed by atoms with Crippen molar-refractivity contribution in [2.24, 2.45) is 0 Å². The summed E-state index contributed by atoms with van der Waals surface area (Å²) in [5.41, 5.74) is 16.5. The van der Waals surface area contributed by atoms with Crippen LogP contribution in [0.15, 0.2) is 218 Å². The number of fused-ring (bicyclic) bond motifs is 6. The molecule has 10 aromatic rings. The first kappa shape index (κ1) is 36.0. The molecule has 0 N–H and O–H groups in total. The van der Waals surface area contributed by atoms with Crippen molar-refractivity contribution in [1.29, 1.82) is 0 Å². The molecule has 1 aliphatic carbocycles. The molecular weight excluding hydrogens is 753 g/mol. The molecule has 2 aliphatic rings. The van der Waals surface area contributed by atoms with E-state index in [1.54, 1.807) is 0 Å². The standard InChI is InChI=1S/C59H42N2O/c1-59(2)54-22-12-11-20-49(54)50-32-30-46(37-55(50)59)60(42-16-5-3-6-17-42)44-27-25-40(26-28-44)48-34-35-53-51-33-31-47(38-57(51)62-56-23-13-21-52(48)58(53)56)61(43-18-7-4-8-19-43)45-29-24-39-14-9-10-15-41(39)36-45/h3-38H,1-2H3. The van der Waals surface area contributed by atoms with Gasteiger partial charge < -0.3 is 14.5 Å². The Hall–Kier alpha value is -7.88. The van der Waals surface area contributed by atoms with Crippen LogP contribution in [0.25, 0.3) is 54.9 Å². The summed E-state index contributed by atoms with van der Waals surface area (Å²) in [6.45, 7) is 4.69. The maximum absolute atomic E-state index is 6.86. The molecular formula is C59H42N2O. The number of benzene rings is 10. The van der Waals surface area contributed by atoms with Crippen LogP contribution in [0, 0.1) is 0 Å². The van der Waals surface area contributed by atoms with E-state index >= 15 is 0 Å². The topological polar surface area (TPSA) is 15.7 Å². The van der Waals surface area contributed by atoms with Crippen molar-refractivity contribution in [2.45, 2.75) is 19.3 Å². The third-order valence-corrected chi connectivity index (χ3v) is 13.0. The van der Waals surface area contributed by atoms with Gasteiger partial charge >= 0.3 is 0 Å². The van der Waals surface area contributed by atoms with Crippen molar-refractivity contribution in [3.63, 3.8) is 0 Å². The lowest BCUT2D eigenvalue weighted by molar-refractivity contribution is 0.487. The van der Waals surface area contributed by atoms with Crippen molar-refractivity contribution in [2.75, 3.05) is 9.80 Å². The molecule has 0 unspecified atom stereocenters. The molecule has 1 aliphatic heterocycles. The van der Waals surface area contributed by atoms with Crippen molar-refractivity contribution >= 4 is 55.7 Å². The molecule has 294 valence electrons. The third-order valence-electron chi connectivity index (χ3n) is 13.0. The van der Waals surface area contributed by atoms with Crippen LogP contribution < -0.4 is 14.5 Å². The van der Waals surface area contributed by atoms with Gasteiger partial charge in [0.2, 0.25) is 0 Å². The number of rotatable bonds is 7. The van der Waals surface area contributed by atoms with Crippen LogP contribution in [0.5, 0.6) is 11.5 Å². The molecule has 0 spiro atoms. The van der Waals surface area contributed by atoms with Crippen LogP contribution in [0.4, 0.5) is 34.1 Å². The van der Waals surface area contributed by atoms with E-state index in [4.69, 9.17) is 4.74 Å². The summed E-state index contributed by atoms with van der Waals surface area (Å²) in [4.78, 5) is 4.68. The fourth-order valence-electron chi connectivity index (χ4n) is 10.00. The predicted molar refractivity (Wildman–Crippen MR) is 259 cm³/mol. The van der Waals surface area contributed by atoms with Gasteiger partial charge in [0.05, 0.1) is 0 Å². The Morgan fingerprint density at radius 2 is 0.887 bits per heavy atom. The Morgan fingerprint density at radius 3 is 1.66 bits per heavy atom. The molecule has 0 radical (unpaired) electrons. The van der Waals surface area contributed by atoms with Gasteiger partial charge in [0.25, 0.3) is 0 Å². The maximum atomic E-state index is 6.86. The number of hydrogen-bond acceptors (Lipinski definition) is 3. The molecule has 0 amide bonds. The first-order chi connectivity index (χ1) is 30.5. The minimum absolute atomic E-state index is 0.0876. The lowest BCUT2D eigenvalue weighted by atomic mass is 9.82. The molecule has 0 atom stereocenters. The monoisotopic (exact) mass is 794 g/mol. The van der Waals surface area contributed by atoms with Gasteiger partial charge in [0, 0.05) is 56.6 Å². The average molecular weight is 795 g/mol. The molecule has 3 nitrogen and oxygen atoms in total. The van der Waals surface area contributed by atoms with E-state index in [2.05, 4.69) is 242 Å². The van der Waals surface area contributed by atoms with Crippen LogP contribution >= 0.6 is 0 Å². The van der Waals surface area contributed by atoms with Crippen LogP contribution in [0.2, 0.25) is 0 Å². The van der Waals surface area contributed by atoms with Gasteiger partial charge in [0.15, 0.2) is 0 Å². The third kappa shape index (κ3) is 5.73. The second-order valence-corrected chi connectivity index (χ2v) is 16.9. The maximum Gasteiger partial charge on any atom is 0.137 e. The highest BCUT2D eigenvalue weighted by Gasteiger charge is 2.36. The zero-order chi connectivity index (χ0) is 41.4. The molecule has 0 aromatic heterocycles. The highest BCUT2D eigenvalue weighted by Crippen LogP contribution is 2.52. The first-order valence-electron chi connectivity index (χ1n) is 21.4. The molecule has 0 saturated carbocycles. The number of anilines is 6. The summed E-state index contributed by atoms with van der Waals surface area (Å²) in [6, 6.07) is 78.9. The molecule has 0 fully saturated rings. The van der Waals surface area contributed by atoms with Gasteiger partial charge in [-0.15, -0.1) is 0 Å². The second-order valence-electron chi connectivity index (χ2n) is 16.9. The number of hydrogen-bond donors (Lipinski definition) is 0. The Kier molecular flexibility index (Phi) is 8.20. The Morgan fingerprint density at radius 1 is 0.339 bits per heavy atom. The van der Waals surface area contributed by atoms with Gasteiger partial charge in [-0.2, -0.15) is 0 Å². The van der Waals surface area contributed by atoms with Crippen LogP contribution in [0.1, 0.15) is 25.0 Å². The Balaban J connectivity index is 0.910. The molecule has 1 heterocycles. The number of para-hydroxylation sites is 2. The first-order valence-corrected chi connectivity index (χ1v) is 21.4. The molecule has 12 rings (SSSR count). The van der Waals surface area contributed by atoms with E-state index < -0.39 is 0 Å². The van der Waals surface area contributed by atoms with Crippen LogP contribution in [0.3, 0.4) is 0 Å². The normalized spacial score (nSPS) is 12.9. The fraction of sp³-hybridized carbons (Fsp3) is 0.0508. The van der Waals surface area contributed by atoms with Gasteiger partial charge in [-0.05, 0) is 134 Å². The molecule has 3 heteroatoms. The van der Waals surface area contributed by atoms with E-state index in [9.17, 15) is 0 Å². The minimum atomic E-state index is -0.0876. The largest absolute Gasteiger partial charge is 0.456 e. The van der Waals surface area contributed by atoms with E-state index in [0.717, 1.165) is 62.1 Å². The van der Waals surface area contributed by atoms with Gasteiger partial charge in [-0.3, -0.25) is 0 Å². The Bertz CT molecular complexity index is 3350.